The number of nitrogens with zero attached hydrogens (tertiary/aromatic N) is 2. The molecule has 0 radical (unpaired) electrons. The van der Waals surface area contributed by atoms with E-state index in [2.05, 4.69) is 9.88 Å². The Bertz CT molecular complexity index is 414. The fourth-order valence-corrected chi connectivity index (χ4v) is 3.23. The lowest BCUT2D eigenvalue weighted by atomic mass is 10.0. The molecule has 0 aromatic carbocycles. The Hall–Kier alpha value is -1.38. The zero-order valence-electron chi connectivity index (χ0n) is 10.2. The first-order valence-electron chi connectivity index (χ1n) is 6.46. The van der Waals surface area contributed by atoms with Gasteiger partial charge in [-0.15, -0.1) is 0 Å². The van der Waals surface area contributed by atoms with Crippen molar-refractivity contribution in [2.75, 3.05) is 18.0 Å². The molecule has 17 heavy (non-hydrogen) atoms. The van der Waals surface area contributed by atoms with Gasteiger partial charge in [0.15, 0.2) is 5.78 Å². The molecule has 0 spiro atoms. The van der Waals surface area contributed by atoms with Crippen LogP contribution in [0.15, 0.2) is 18.3 Å². The maximum atomic E-state index is 11.2. The fourth-order valence-electron chi connectivity index (χ4n) is 3.23. The van der Waals surface area contributed by atoms with Gasteiger partial charge in [0, 0.05) is 20.0 Å². The number of carbonyl (C=O) groups is 1. The highest BCUT2D eigenvalue weighted by Gasteiger charge is 2.36. The van der Waals surface area contributed by atoms with E-state index in [0.717, 1.165) is 11.8 Å². The SMILES string of the molecule is CC(=O)c1ccc(N2CC3CCCC3C2)cn1. The van der Waals surface area contributed by atoms with Crippen molar-refractivity contribution in [1.82, 2.24) is 4.98 Å². The minimum absolute atomic E-state index is 0.0369. The molecule has 0 bridgehead atoms. The van der Waals surface area contributed by atoms with Gasteiger partial charge in [0.2, 0.25) is 0 Å². The summed E-state index contributed by atoms with van der Waals surface area (Å²) in [5, 5.41) is 0. The van der Waals surface area contributed by atoms with Gasteiger partial charge >= 0.3 is 0 Å². The molecule has 1 aliphatic heterocycles. The van der Waals surface area contributed by atoms with E-state index in [1.54, 1.807) is 6.92 Å². The predicted octanol–water partition coefficient (Wildman–Crippen LogP) is 2.52. The van der Waals surface area contributed by atoms with E-state index < -0.39 is 0 Å². The third-order valence-corrected chi connectivity index (χ3v) is 4.20. The Labute approximate surface area is 102 Å². The standard InChI is InChI=1S/C14H18N2O/c1-10(17)14-6-5-13(7-15-14)16-8-11-3-2-4-12(11)9-16/h5-7,11-12H,2-4,8-9H2,1H3. The molecule has 2 fully saturated rings. The number of fused-ring (bicyclic) bond motifs is 1. The van der Waals surface area contributed by atoms with Gasteiger partial charge in [-0.1, -0.05) is 6.42 Å². The molecule has 1 aliphatic carbocycles. The summed E-state index contributed by atoms with van der Waals surface area (Å²) in [6.07, 6.45) is 6.03. The Morgan fingerprint density at radius 1 is 1.29 bits per heavy atom. The van der Waals surface area contributed by atoms with E-state index in [1.165, 1.54) is 38.0 Å². The van der Waals surface area contributed by atoms with Gasteiger partial charge in [0.25, 0.3) is 0 Å². The number of carbonyl (C=O) groups excluding carboxylic acids is 1. The normalized spacial score (nSPS) is 27.2. The van der Waals surface area contributed by atoms with Gasteiger partial charge in [-0.05, 0) is 36.8 Å². The number of rotatable bonds is 2. The Kier molecular flexibility index (Phi) is 2.61. The van der Waals surface area contributed by atoms with Crippen molar-refractivity contribution in [3.05, 3.63) is 24.0 Å². The van der Waals surface area contributed by atoms with Crippen LogP contribution in [0.5, 0.6) is 0 Å². The van der Waals surface area contributed by atoms with Gasteiger partial charge in [-0.2, -0.15) is 0 Å². The van der Waals surface area contributed by atoms with E-state index in [1.807, 2.05) is 18.3 Å². The summed E-state index contributed by atoms with van der Waals surface area (Å²) >= 11 is 0. The summed E-state index contributed by atoms with van der Waals surface area (Å²) in [5.41, 5.74) is 1.73. The molecule has 1 aromatic heterocycles. The van der Waals surface area contributed by atoms with Gasteiger partial charge in [0.05, 0.1) is 11.9 Å². The monoisotopic (exact) mass is 230 g/mol. The quantitative estimate of drug-likeness (QED) is 0.732. The zero-order valence-corrected chi connectivity index (χ0v) is 10.2. The lowest BCUT2D eigenvalue weighted by Gasteiger charge is -2.19. The Balaban J connectivity index is 1.75. The number of hydrogen-bond donors (Lipinski definition) is 0. The van der Waals surface area contributed by atoms with Crippen molar-refractivity contribution in [1.29, 1.82) is 0 Å². The van der Waals surface area contributed by atoms with Crippen molar-refractivity contribution in [3.8, 4) is 0 Å². The van der Waals surface area contributed by atoms with Gasteiger partial charge in [0.1, 0.15) is 5.69 Å². The third-order valence-electron chi connectivity index (χ3n) is 4.20. The summed E-state index contributed by atoms with van der Waals surface area (Å²) in [5.74, 6) is 1.82. The van der Waals surface area contributed by atoms with Crippen molar-refractivity contribution >= 4 is 11.5 Å². The maximum absolute atomic E-state index is 11.2. The third kappa shape index (κ3) is 1.94. The van der Waals surface area contributed by atoms with Crippen LogP contribution in [0.2, 0.25) is 0 Å². The lowest BCUT2D eigenvalue weighted by molar-refractivity contribution is 0.101. The van der Waals surface area contributed by atoms with Gasteiger partial charge in [-0.3, -0.25) is 9.78 Å². The molecular formula is C14H18N2O. The van der Waals surface area contributed by atoms with Crippen LogP contribution >= 0.6 is 0 Å². The minimum Gasteiger partial charge on any atom is -0.370 e. The molecule has 2 atom stereocenters. The van der Waals surface area contributed by atoms with Crippen LogP contribution in [-0.4, -0.2) is 23.9 Å². The fraction of sp³-hybridized carbons (Fsp3) is 0.571. The highest BCUT2D eigenvalue weighted by molar-refractivity contribution is 5.92. The molecular weight excluding hydrogens is 212 g/mol. The first-order chi connectivity index (χ1) is 8.24. The Morgan fingerprint density at radius 3 is 2.53 bits per heavy atom. The van der Waals surface area contributed by atoms with Gasteiger partial charge < -0.3 is 4.90 Å². The summed E-state index contributed by atoms with van der Waals surface area (Å²) in [4.78, 5) is 17.8. The van der Waals surface area contributed by atoms with E-state index >= 15 is 0 Å². The smallest absolute Gasteiger partial charge is 0.178 e. The molecule has 90 valence electrons. The molecule has 1 saturated heterocycles. The number of aromatic nitrogens is 1. The van der Waals surface area contributed by atoms with Crippen LogP contribution in [0.25, 0.3) is 0 Å². The van der Waals surface area contributed by atoms with Crippen LogP contribution in [0, 0.1) is 11.8 Å². The first-order valence-corrected chi connectivity index (χ1v) is 6.46. The van der Waals surface area contributed by atoms with Gasteiger partial charge in [-0.25, -0.2) is 0 Å². The van der Waals surface area contributed by atoms with E-state index in [0.29, 0.717) is 5.69 Å². The summed E-state index contributed by atoms with van der Waals surface area (Å²) in [6.45, 7) is 3.90. The Morgan fingerprint density at radius 2 is 2.00 bits per heavy atom. The average molecular weight is 230 g/mol. The molecule has 0 N–H and O–H groups in total. The van der Waals surface area contributed by atoms with Crippen molar-refractivity contribution in [2.24, 2.45) is 11.8 Å². The number of hydrogen-bond acceptors (Lipinski definition) is 3. The van der Waals surface area contributed by atoms with Crippen LogP contribution < -0.4 is 4.90 Å². The van der Waals surface area contributed by atoms with Crippen LogP contribution in [0.1, 0.15) is 36.7 Å². The molecule has 2 heterocycles. The second kappa shape index (κ2) is 4.13. The highest BCUT2D eigenvalue weighted by atomic mass is 16.1. The first kappa shape index (κ1) is 10.8. The second-order valence-corrected chi connectivity index (χ2v) is 5.31. The molecule has 2 unspecified atom stereocenters. The predicted molar refractivity (Wildman–Crippen MR) is 67.3 cm³/mol. The number of anilines is 1. The molecule has 0 amide bonds. The number of ketones is 1. The summed E-state index contributed by atoms with van der Waals surface area (Å²) in [7, 11) is 0. The summed E-state index contributed by atoms with van der Waals surface area (Å²) < 4.78 is 0. The number of Topliss-reactive ketones (excluding diaryl/α,β-unsaturated/α-hetero) is 1. The van der Waals surface area contributed by atoms with Crippen molar-refractivity contribution < 1.29 is 4.79 Å². The molecule has 1 aromatic rings. The average Bonchev–Trinajstić information content (AvgIpc) is 2.89. The van der Waals surface area contributed by atoms with Crippen molar-refractivity contribution in [3.63, 3.8) is 0 Å². The molecule has 3 nitrogen and oxygen atoms in total. The molecule has 2 aliphatic rings. The topological polar surface area (TPSA) is 33.2 Å². The van der Waals surface area contributed by atoms with E-state index in [-0.39, 0.29) is 5.78 Å². The summed E-state index contributed by atoms with van der Waals surface area (Å²) in [6, 6.07) is 3.87. The lowest BCUT2D eigenvalue weighted by Crippen LogP contribution is -2.20. The van der Waals surface area contributed by atoms with Crippen LogP contribution in [0.3, 0.4) is 0 Å². The zero-order chi connectivity index (χ0) is 11.8. The molecule has 1 saturated carbocycles. The second-order valence-electron chi connectivity index (χ2n) is 5.31. The largest absolute Gasteiger partial charge is 0.370 e. The maximum Gasteiger partial charge on any atom is 0.178 e. The van der Waals surface area contributed by atoms with Crippen LogP contribution in [0.4, 0.5) is 5.69 Å². The minimum atomic E-state index is 0.0369. The van der Waals surface area contributed by atoms with E-state index in [9.17, 15) is 4.79 Å². The highest BCUT2D eigenvalue weighted by Crippen LogP contribution is 2.39. The molecule has 3 heteroatoms. The van der Waals surface area contributed by atoms with Crippen LogP contribution in [-0.2, 0) is 0 Å². The molecule has 3 rings (SSSR count). The van der Waals surface area contributed by atoms with Crippen molar-refractivity contribution in [2.45, 2.75) is 26.2 Å². The van der Waals surface area contributed by atoms with E-state index in [4.69, 9.17) is 0 Å². The number of pyridine rings is 1.